The molecule has 4 heteroatoms. The average molecular weight is 284 g/mol. The zero-order valence-electron chi connectivity index (χ0n) is 11.3. The average Bonchev–Trinajstić information content (AvgIpc) is 2.38. The van der Waals surface area contributed by atoms with Gasteiger partial charge in [0.25, 0.3) is 0 Å². The Labute approximate surface area is 119 Å². The van der Waals surface area contributed by atoms with Gasteiger partial charge in [-0.25, -0.2) is 0 Å². The molecular weight excluding hydrogens is 262 g/mol. The molecule has 1 rings (SSSR count). The highest BCUT2D eigenvalue weighted by molar-refractivity contribution is 6.30. The van der Waals surface area contributed by atoms with Crippen molar-refractivity contribution in [2.75, 3.05) is 6.54 Å². The quantitative estimate of drug-likeness (QED) is 0.769. The maximum absolute atomic E-state index is 10.9. The monoisotopic (exact) mass is 283 g/mol. The minimum Gasteiger partial charge on any atom is -0.481 e. The Morgan fingerprint density at radius 1 is 1.26 bits per heavy atom. The van der Waals surface area contributed by atoms with Gasteiger partial charge in [0.1, 0.15) is 0 Å². The third-order valence-corrected chi connectivity index (χ3v) is 3.73. The number of hydrogen-bond donors (Lipinski definition) is 2. The summed E-state index contributed by atoms with van der Waals surface area (Å²) in [5, 5.41) is 9.68. The molecule has 1 aromatic carbocycles. The second-order valence-corrected chi connectivity index (χ2v) is 5.55. The van der Waals surface area contributed by atoms with Crippen molar-refractivity contribution in [3.05, 3.63) is 34.9 Å². The van der Waals surface area contributed by atoms with E-state index in [1.165, 1.54) is 5.56 Å². The zero-order valence-corrected chi connectivity index (χ0v) is 12.1. The van der Waals surface area contributed by atoms with E-state index in [-0.39, 0.29) is 6.54 Å². The number of carboxylic acids is 1. The first-order valence-corrected chi connectivity index (χ1v) is 7.08. The molecule has 0 aliphatic heterocycles. The minimum atomic E-state index is -0.785. The van der Waals surface area contributed by atoms with E-state index in [0.29, 0.717) is 12.3 Å². The largest absolute Gasteiger partial charge is 0.481 e. The molecule has 0 aromatic heterocycles. The van der Waals surface area contributed by atoms with Crippen molar-refractivity contribution < 1.29 is 9.90 Å². The lowest BCUT2D eigenvalue weighted by atomic mass is 9.92. The Bertz CT molecular complexity index is 392. The van der Waals surface area contributed by atoms with Crippen molar-refractivity contribution in [1.29, 1.82) is 0 Å². The summed E-state index contributed by atoms with van der Waals surface area (Å²) in [6.45, 7) is 2.38. The van der Waals surface area contributed by atoms with Crippen LogP contribution in [0.4, 0.5) is 0 Å². The summed E-state index contributed by atoms with van der Waals surface area (Å²) < 4.78 is 0. The molecule has 0 fully saturated rings. The van der Waals surface area contributed by atoms with E-state index in [0.717, 1.165) is 24.3 Å². The van der Waals surface area contributed by atoms with Crippen LogP contribution in [-0.2, 0) is 11.2 Å². The van der Waals surface area contributed by atoms with Crippen LogP contribution >= 0.6 is 11.6 Å². The van der Waals surface area contributed by atoms with Crippen LogP contribution < -0.4 is 5.73 Å². The smallest absolute Gasteiger partial charge is 0.307 e. The van der Waals surface area contributed by atoms with E-state index in [4.69, 9.17) is 22.4 Å². The standard InChI is InChI=1S/C15H22ClNO2/c1-11(3-7-13(10-17)15(18)19)2-4-12-5-8-14(16)9-6-12/h5-6,8-9,11,13H,2-4,7,10,17H2,1H3,(H,18,19). The Hall–Kier alpha value is -1.06. The first-order chi connectivity index (χ1) is 9.02. The number of benzene rings is 1. The van der Waals surface area contributed by atoms with Gasteiger partial charge in [0.15, 0.2) is 0 Å². The second-order valence-electron chi connectivity index (χ2n) is 5.12. The molecule has 0 bridgehead atoms. The van der Waals surface area contributed by atoms with Crippen LogP contribution in [-0.4, -0.2) is 17.6 Å². The molecule has 2 atom stereocenters. The number of nitrogens with two attached hydrogens (primary N) is 1. The maximum atomic E-state index is 10.9. The fourth-order valence-corrected chi connectivity index (χ4v) is 2.16. The third kappa shape index (κ3) is 6.08. The van der Waals surface area contributed by atoms with Crippen LogP contribution in [0.15, 0.2) is 24.3 Å². The molecule has 0 aliphatic carbocycles. The molecule has 0 spiro atoms. The van der Waals surface area contributed by atoms with Crippen molar-refractivity contribution in [1.82, 2.24) is 0 Å². The molecule has 0 saturated carbocycles. The SMILES string of the molecule is CC(CCc1ccc(Cl)cc1)CCC(CN)C(=O)O. The maximum Gasteiger partial charge on any atom is 0.307 e. The van der Waals surface area contributed by atoms with Gasteiger partial charge >= 0.3 is 5.97 Å². The van der Waals surface area contributed by atoms with E-state index >= 15 is 0 Å². The highest BCUT2D eigenvalue weighted by Crippen LogP contribution is 2.18. The fraction of sp³-hybridized carbons (Fsp3) is 0.533. The molecule has 2 unspecified atom stereocenters. The summed E-state index contributed by atoms with van der Waals surface area (Å²) in [6, 6.07) is 7.87. The Morgan fingerprint density at radius 3 is 2.42 bits per heavy atom. The van der Waals surface area contributed by atoms with Gasteiger partial charge in [-0.3, -0.25) is 4.79 Å². The second kappa shape index (κ2) is 8.18. The van der Waals surface area contributed by atoms with Gasteiger partial charge in [-0.05, 0) is 49.3 Å². The van der Waals surface area contributed by atoms with E-state index in [1.54, 1.807) is 0 Å². The van der Waals surface area contributed by atoms with Crippen molar-refractivity contribution in [2.24, 2.45) is 17.6 Å². The molecule has 0 saturated heterocycles. The van der Waals surface area contributed by atoms with E-state index in [2.05, 4.69) is 6.92 Å². The minimum absolute atomic E-state index is 0.221. The van der Waals surface area contributed by atoms with Gasteiger partial charge in [0.05, 0.1) is 5.92 Å². The van der Waals surface area contributed by atoms with Gasteiger partial charge in [-0.2, -0.15) is 0 Å². The number of rotatable bonds is 8. The van der Waals surface area contributed by atoms with Crippen molar-refractivity contribution in [2.45, 2.75) is 32.6 Å². The lowest BCUT2D eigenvalue weighted by molar-refractivity contribution is -0.141. The molecule has 0 amide bonds. The van der Waals surface area contributed by atoms with Crippen LogP contribution in [0.1, 0.15) is 31.7 Å². The molecule has 106 valence electrons. The van der Waals surface area contributed by atoms with Crippen molar-refractivity contribution in [3.8, 4) is 0 Å². The van der Waals surface area contributed by atoms with Gasteiger partial charge in [-0.15, -0.1) is 0 Å². The normalized spacial score (nSPS) is 14.1. The van der Waals surface area contributed by atoms with Crippen LogP contribution in [0.5, 0.6) is 0 Å². The fourth-order valence-electron chi connectivity index (χ4n) is 2.04. The van der Waals surface area contributed by atoms with Crippen molar-refractivity contribution >= 4 is 17.6 Å². The van der Waals surface area contributed by atoms with E-state index in [9.17, 15) is 4.79 Å². The molecule has 1 aromatic rings. The lowest BCUT2D eigenvalue weighted by Gasteiger charge is -2.14. The van der Waals surface area contributed by atoms with Crippen LogP contribution in [0, 0.1) is 11.8 Å². The van der Waals surface area contributed by atoms with Crippen LogP contribution in [0.25, 0.3) is 0 Å². The number of halogens is 1. The summed E-state index contributed by atoms with van der Waals surface area (Å²) in [4.78, 5) is 10.9. The number of carboxylic acid groups (broad SMARTS) is 1. The summed E-state index contributed by atoms with van der Waals surface area (Å²) in [7, 11) is 0. The Kier molecular flexibility index (Phi) is 6.89. The summed E-state index contributed by atoms with van der Waals surface area (Å²) >= 11 is 5.84. The molecule has 19 heavy (non-hydrogen) atoms. The lowest BCUT2D eigenvalue weighted by Crippen LogP contribution is -2.23. The molecule has 0 heterocycles. The van der Waals surface area contributed by atoms with Crippen LogP contribution in [0.3, 0.4) is 0 Å². The van der Waals surface area contributed by atoms with E-state index < -0.39 is 11.9 Å². The van der Waals surface area contributed by atoms with E-state index in [1.807, 2.05) is 24.3 Å². The first-order valence-electron chi connectivity index (χ1n) is 6.70. The molecular formula is C15H22ClNO2. The number of aryl methyl sites for hydroxylation is 1. The number of aliphatic carboxylic acids is 1. The predicted molar refractivity (Wildman–Crippen MR) is 78.4 cm³/mol. The third-order valence-electron chi connectivity index (χ3n) is 3.48. The van der Waals surface area contributed by atoms with Gasteiger partial charge in [0, 0.05) is 11.6 Å². The number of carbonyl (C=O) groups is 1. The van der Waals surface area contributed by atoms with Gasteiger partial charge < -0.3 is 10.8 Å². The molecule has 3 nitrogen and oxygen atoms in total. The van der Waals surface area contributed by atoms with Gasteiger partial charge in [-0.1, -0.05) is 30.7 Å². The number of hydrogen-bond acceptors (Lipinski definition) is 2. The molecule has 0 aliphatic rings. The van der Waals surface area contributed by atoms with Gasteiger partial charge in [0.2, 0.25) is 0 Å². The zero-order chi connectivity index (χ0) is 14.3. The molecule has 3 N–H and O–H groups in total. The highest BCUT2D eigenvalue weighted by Gasteiger charge is 2.16. The summed E-state index contributed by atoms with van der Waals surface area (Å²) in [6.07, 6.45) is 3.62. The highest BCUT2D eigenvalue weighted by atomic mass is 35.5. The van der Waals surface area contributed by atoms with Crippen LogP contribution in [0.2, 0.25) is 5.02 Å². The Balaban J connectivity index is 2.29. The topological polar surface area (TPSA) is 63.3 Å². The molecule has 0 radical (unpaired) electrons. The summed E-state index contributed by atoms with van der Waals surface area (Å²) in [5.74, 6) is -0.686. The predicted octanol–water partition coefficient (Wildman–Crippen LogP) is 3.35. The first kappa shape index (κ1) is 16.0. The Morgan fingerprint density at radius 2 is 1.89 bits per heavy atom. The summed E-state index contributed by atoms with van der Waals surface area (Å²) in [5.41, 5.74) is 6.71. The van der Waals surface area contributed by atoms with Crippen molar-refractivity contribution in [3.63, 3.8) is 0 Å².